The van der Waals surface area contributed by atoms with Crippen molar-refractivity contribution in [2.45, 2.75) is 12.0 Å². The monoisotopic (exact) mass is 178 g/mol. The third kappa shape index (κ3) is 1.26. The largest absolute Gasteiger partial charge is 0.396 e. The van der Waals surface area contributed by atoms with E-state index in [1.807, 2.05) is 18.2 Å². The molecule has 1 aromatic carbocycles. The summed E-state index contributed by atoms with van der Waals surface area (Å²) in [5, 5.41) is 9.05. The minimum atomic E-state index is -0.198. The van der Waals surface area contributed by atoms with Crippen molar-refractivity contribution in [2.24, 2.45) is 5.92 Å². The maximum atomic E-state index is 9.05. The van der Waals surface area contributed by atoms with E-state index in [4.69, 9.17) is 9.84 Å². The minimum Gasteiger partial charge on any atom is -0.396 e. The minimum absolute atomic E-state index is 0.198. The summed E-state index contributed by atoms with van der Waals surface area (Å²) in [4.78, 5) is 0. The first-order valence-corrected chi connectivity index (χ1v) is 4.55. The van der Waals surface area contributed by atoms with Gasteiger partial charge in [0.1, 0.15) is 0 Å². The molecule has 1 saturated carbocycles. The molecule has 1 aliphatic rings. The van der Waals surface area contributed by atoms with Gasteiger partial charge in [0.05, 0.1) is 5.60 Å². The summed E-state index contributed by atoms with van der Waals surface area (Å²) in [7, 11) is 1.71. The van der Waals surface area contributed by atoms with E-state index < -0.39 is 0 Å². The van der Waals surface area contributed by atoms with Crippen LogP contribution in [0.25, 0.3) is 0 Å². The van der Waals surface area contributed by atoms with E-state index in [1.165, 1.54) is 5.56 Å². The molecule has 2 unspecified atom stereocenters. The van der Waals surface area contributed by atoms with Crippen LogP contribution in [0, 0.1) is 5.92 Å². The first-order valence-electron chi connectivity index (χ1n) is 4.55. The highest BCUT2D eigenvalue weighted by Crippen LogP contribution is 2.54. The van der Waals surface area contributed by atoms with Gasteiger partial charge in [-0.3, -0.25) is 0 Å². The van der Waals surface area contributed by atoms with Crippen molar-refractivity contribution in [1.29, 1.82) is 0 Å². The van der Waals surface area contributed by atoms with Gasteiger partial charge in [-0.05, 0) is 12.0 Å². The maximum absolute atomic E-state index is 9.05. The van der Waals surface area contributed by atoms with Gasteiger partial charge in [0.15, 0.2) is 0 Å². The van der Waals surface area contributed by atoms with Crippen LogP contribution in [0.4, 0.5) is 0 Å². The van der Waals surface area contributed by atoms with Crippen molar-refractivity contribution in [1.82, 2.24) is 0 Å². The summed E-state index contributed by atoms with van der Waals surface area (Å²) < 4.78 is 5.48. The van der Waals surface area contributed by atoms with Gasteiger partial charge in [0, 0.05) is 19.6 Å². The topological polar surface area (TPSA) is 29.5 Å². The summed E-state index contributed by atoms with van der Waals surface area (Å²) in [5.41, 5.74) is 0.979. The Hall–Kier alpha value is -0.860. The lowest BCUT2D eigenvalue weighted by Gasteiger charge is -2.15. The van der Waals surface area contributed by atoms with Crippen molar-refractivity contribution in [3.05, 3.63) is 35.9 Å². The lowest BCUT2D eigenvalue weighted by Crippen LogP contribution is -2.14. The highest BCUT2D eigenvalue weighted by Gasteiger charge is 2.55. The van der Waals surface area contributed by atoms with Crippen LogP contribution < -0.4 is 0 Å². The van der Waals surface area contributed by atoms with Gasteiger partial charge in [0.25, 0.3) is 0 Å². The molecule has 0 spiro atoms. The third-order valence-corrected chi connectivity index (χ3v) is 2.90. The number of hydrogen-bond donors (Lipinski definition) is 1. The van der Waals surface area contributed by atoms with Crippen LogP contribution in [-0.4, -0.2) is 18.8 Å². The highest BCUT2D eigenvalue weighted by atomic mass is 16.5. The second-order valence-corrected chi connectivity index (χ2v) is 3.54. The van der Waals surface area contributed by atoms with Crippen molar-refractivity contribution in [3.63, 3.8) is 0 Å². The average Bonchev–Trinajstić information content (AvgIpc) is 2.94. The average molecular weight is 178 g/mol. The van der Waals surface area contributed by atoms with Gasteiger partial charge in [0.2, 0.25) is 0 Å². The smallest absolute Gasteiger partial charge is 0.0983 e. The van der Waals surface area contributed by atoms with E-state index in [0.29, 0.717) is 0 Å². The molecule has 1 N–H and O–H groups in total. The highest BCUT2D eigenvalue weighted by molar-refractivity contribution is 5.30. The predicted octanol–water partition coefficient (Wildman–Crippen LogP) is 1.54. The Labute approximate surface area is 78.2 Å². The predicted molar refractivity (Wildman–Crippen MR) is 50.3 cm³/mol. The number of methoxy groups -OCH3 is 1. The lowest BCUT2D eigenvalue weighted by molar-refractivity contribution is 0.0525. The second-order valence-electron chi connectivity index (χ2n) is 3.54. The fourth-order valence-corrected chi connectivity index (χ4v) is 1.96. The van der Waals surface area contributed by atoms with E-state index in [0.717, 1.165) is 6.42 Å². The molecule has 13 heavy (non-hydrogen) atoms. The van der Waals surface area contributed by atoms with Gasteiger partial charge < -0.3 is 9.84 Å². The molecule has 0 bridgehead atoms. The van der Waals surface area contributed by atoms with E-state index in [2.05, 4.69) is 12.1 Å². The molecule has 1 fully saturated rings. The fraction of sp³-hybridized carbons (Fsp3) is 0.455. The number of rotatable bonds is 3. The van der Waals surface area contributed by atoms with E-state index in [-0.39, 0.29) is 18.1 Å². The number of hydrogen-bond acceptors (Lipinski definition) is 2. The molecule has 0 heterocycles. The number of benzene rings is 1. The summed E-state index contributed by atoms with van der Waals surface area (Å²) in [6, 6.07) is 10.1. The Balaban J connectivity index is 2.25. The van der Waals surface area contributed by atoms with E-state index >= 15 is 0 Å². The number of ether oxygens (including phenoxy) is 1. The Bertz CT molecular complexity index is 283. The quantitative estimate of drug-likeness (QED) is 0.760. The molecule has 2 rings (SSSR count). The van der Waals surface area contributed by atoms with Crippen molar-refractivity contribution in [2.75, 3.05) is 13.7 Å². The molecule has 70 valence electrons. The van der Waals surface area contributed by atoms with E-state index in [9.17, 15) is 0 Å². The van der Waals surface area contributed by atoms with Gasteiger partial charge in [-0.15, -0.1) is 0 Å². The molecule has 0 radical (unpaired) electrons. The van der Waals surface area contributed by atoms with Crippen molar-refractivity contribution < 1.29 is 9.84 Å². The molecule has 0 aromatic heterocycles. The molecule has 0 saturated heterocycles. The Morgan fingerprint density at radius 1 is 1.46 bits per heavy atom. The molecule has 2 atom stereocenters. The van der Waals surface area contributed by atoms with Gasteiger partial charge >= 0.3 is 0 Å². The Kier molecular flexibility index (Phi) is 2.10. The Morgan fingerprint density at radius 3 is 2.62 bits per heavy atom. The zero-order valence-electron chi connectivity index (χ0n) is 7.73. The summed E-state index contributed by atoms with van der Waals surface area (Å²) in [6.07, 6.45) is 0.935. The van der Waals surface area contributed by atoms with Crippen molar-refractivity contribution >= 4 is 0 Å². The molecule has 0 amide bonds. The normalized spacial score (nSPS) is 31.7. The standard InChI is InChI=1S/C11H14O2/c1-13-11(7-10(11)8-12)9-5-3-2-4-6-9/h2-6,10,12H,7-8H2,1H3. The van der Waals surface area contributed by atoms with Crippen LogP contribution in [0.5, 0.6) is 0 Å². The zero-order chi connectivity index (χ0) is 9.31. The Morgan fingerprint density at radius 2 is 2.15 bits per heavy atom. The zero-order valence-corrected chi connectivity index (χ0v) is 7.73. The summed E-state index contributed by atoms with van der Waals surface area (Å²) in [5.74, 6) is 0.278. The first kappa shape index (κ1) is 8.73. The van der Waals surface area contributed by atoms with Crippen LogP contribution in [0.2, 0.25) is 0 Å². The maximum Gasteiger partial charge on any atom is 0.0983 e. The molecule has 0 aliphatic heterocycles. The van der Waals surface area contributed by atoms with Gasteiger partial charge in [-0.25, -0.2) is 0 Å². The van der Waals surface area contributed by atoms with Crippen LogP contribution in [-0.2, 0) is 10.3 Å². The third-order valence-electron chi connectivity index (χ3n) is 2.90. The molecule has 2 nitrogen and oxygen atoms in total. The number of aliphatic hydroxyl groups is 1. The molecular formula is C11H14O2. The number of aliphatic hydroxyl groups excluding tert-OH is 1. The summed E-state index contributed by atoms with van der Waals surface area (Å²) in [6.45, 7) is 0.211. The summed E-state index contributed by atoms with van der Waals surface area (Å²) >= 11 is 0. The van der Waals surface area contributed by atoms with Crippen LogP contribution >= 0.6 is 0 Å². The SMILES string of the molecule is COC1(c2ccccc2)CC1CO. The van der Waals surface area contributed by atoms with Crippen LogP contribution in [0.3, 0.4) is 0 Å². The first-order chi connectivity index (χ1) is 6.33. The van der Waals surface area contributed by atoms with E-state index in [1.54, 1.807) is 7.11 Å². The molecule has 1 aliphatic carbocycles. The van der Waals surface area contributed by atoms with Crippen molar-refractivity contribution in [3.8, 4) is 0 Å². The second kappa shape index (κ2) is 3.13. The lowest BCUT2D eigenvalue weighted by atomic mass is 10.1. The molecule has 1 aromatic rings. The van der Waals surface area contributed by atoms with Crippen LogP contribution in [0.1, 0.15) is 12.0 Å². The van der Waals surface area contributed by atoms with Gasteiger partial charge in [-0.1, -0.05) is 30.3 Å². The molecule has 2 heteroatoms. The van der Waals surface area contributed by atoms with Crippen LogP contribution in [0.15, 0.2) is 30.3 Å². The molecular weight excluding hydrogens is 164 g/mol. The fourth-order valence-electron chi connectivity index (χ4n) is 1.96. The van der Waals surface area contributed by atoms with Gasteiger partial charge in [-0.2, -0.15) is 0 Å².